The maximum atomic E-state index is 12.5. The zero-order valence-corrected chi connectivity index (χ0v) is 18.4. The van der Waals surface area contributed by atoms with Crippen LogP contribution in [-0.4, -0.2) is 30.8 Å². The van der Waals surface area contributed by atoms with Gasteiger partial charge >= 0.3 is 6.61 Å². The number of hydrogen-bond donors (Lipinski definition) is 3. The van der Waals surface area contributed by atoms with E-state index in [-0.39, 0.29) is 42.8 Å². The Morgan fingerprint density at radius 2 is 2.00 bits per heavy atom. The van der Waals surface area contributed by atoms with Gasteiger partial charge in [0.2, 0.25) is 0 Å². The molecule has 1 atom stereocenters. The van der Waals surface area contributed by atoms with E-state index >= 15 is 0 Å². The van der Waals surface area contributed by atoms with Crippen molar-refractivity contribution in [2.24, 2.45) is 4.99 Å². The van der Waals surface area contributed by atoms with E-state index in [2.05, 4.69) is 20.4 Å². The van der Waals surface area contributed by atoms with E-state index in [1.54, 1.807) is 30.3 Å². The highest BCUT2D eigenvalue weighted by Gasteiger charge is 2.12. The number of aliphatic hydroxyl groups is 1. The number of aliphatic hydroxyl groups excluding tert-OH is 1. The minimum absolute atomic E-state index is 0. The molecule has 0 amide bonds. The Hall–Kier alpha value is -1.17. The Kier molecular flexibility index (Phi) is 10.9. The van der Waals surface area contributed by atoms with Gasteiger partial charge in [-0.3, -0.25) is 0 Å². The van der Waals surface area contributed by atoms with Crippen molar-refractivity contribution in [1.29, 1.82) is 0 Å². The summed E-state index contributed by atoms with van der Waals surface area (Å²) in [6.07, 6.45) is -0.731. The zero-order chi connectivity index (χ0) is 18.9. The first-order valence-corrected chi connectivity index (χ1v) is 9.17. The summed E-state index contributed by atoms with van der Waals surface area (Å²) in [4.78, 5) is 5.10. The molecule has 0 aliphatic rings. The molecular formula is C17H21ClF2IN3O2S. The second-order valence-electron chi connectivity index (χ2n) is 5.22. The van der Waals surface area contributed by atoms with Gasteiger partial charge in [0.05, 0.1) is 10.9 Å². The Labute approximate surface area is 182 Å². The van der Waals surface area contributed by atoms with Crippen molar-refractivity contribution in [2.45, 2.75) is 26.2 Å². The second-order valence-corrected chi connectivity index (χ2v) is 6.97. The Balaban J connectivity index is 0.00000364. The van der Waals surface area contributed by atoms with Crippen LogP contribution in [0.5, 0.6) is 5.75 Å². The number of para-hydroxylation sites is 1. The summed E-state index contributed by atoms with van der Waals surface area (Å²) in [5.74, 6) is 0.552. The van der Waals surface area contributed by atoms with Crippen LogP contribution in [0.25, 0.3) is 0 Å². The molecule has 1 aromatic heterocycles. The minimum atomic E-state index is -2.89. The topological polar surface area (TPSA) is 65.9 Å². The maximum absolute atomic E-state index is 12.5. The number of benzene rings is 1. The number of thiophene rings is 1. The fraction of sp³-hybridized carbons (Fsp3) is 0.353. The van der Waals surface area contributed by atoms with Gasteiger partial charge in [0, 0.05) is 23.5 Å². The normalized spacial score (nSPS) is 12.4. The molecule has 0 spiro atoms. The molecule has 1 unspecified atom stereocenters. The molecule has 5 nitrogen and oxygen atoms in total. The van der Waals surface area contributed by atoms with Gasteiger partial charge < -0.3 is 20.5 Å². The summed E-state index contributed by atoms with van der Waals surface area (Å²) < 4.78 is 30.1. The van der Waals surface area contributed by atoms with Crippen LogP contribution in [0.3, 0.4) is 0 Å². The molecule has 150 valence electrons. The smallest absolute Gasteiger partial charge is 0.387 e. The average molecular weight is 532 g/mol. The lowest BCUT2D eigenvalue weighted by Gasteiger charge is -2.15. The van der Waals surface area contributed by atoms with Crippen molar-refractivity contribution in [2.75, 3.05) is 13.1 Å². The van der Waals surface area contributed by atoms with Gasteiger partial charge in [0.1, 0.15) is 11.9 Å². The third kappa shape index (κ3) is 8.16. The number of alkyl halides is 2. The molecule has 2 rings (SSSR count). The van der Waals surface area contributed by atoms with Crippen LogP contribution in [0.1, 0.15) is 23.5 Å². The number of aliphatic imine (C=N–C) groups is 1. The van der Waals surface area contributed by atoms with Crippen molar-refractivity contribution in [3.8, 4) is 5.75 Å². The van der Waals surface area contributed by atoms with Crippen LogP contribution in [0.2, 0.25) is 4.34 Å². The summed E-state index contributed by atoms with van der Waals surface area (Å²) in [6.45, 7) is 0.0127. The number of guanidine groups is 1. The zero-order valence-electron chi connectivity index (χ0n) is 14.5. The van der Waals surface area contributed by atoms with Gasteiger partial charge in [0.15, 0.2) is 5.96 Å². The van der Waals surface area contributed by atoms with E-state index in [9.17, 15) is 13.9 Å². The van der Waals surface area contributed by atoms with E-state index < -0.39 is 12.7 Å². The van der Waals surface area contributed by atoms with Crippen LogP contribution >= 0.6 is 46.9 Å². The average Bonchev–Trinajstić information content (AvgIpc) is 3.04. The highest BCUT2D eigenvalue weighted by molar-refractivity contribution is 14.0. The van der Waals surface area contributed by atoms with E-state index in [0.717, 1.165) is 4.88 Å². The fourth-order valence-corrected chi connectivity index (χ4v) is 3.20. The fourth-order valence-electron chi connectivity index (χ4n) is 2.15. The summed E-state index contributed by atoms with van der Waals surface area (Å²) >= 11 is 7.18. The second kappa shape index (κ2) is 12.3. The molecule has 1 aromatic carbocycles. The summed E-state index contributed by atoms with van der Waals surface area (Å²) in [6, 6.07) is 9.99. The van der Waals surface area contributed by atoms with Crippen LogP contribution in [-0.2, 0) is 6.54 Å². The number of ether oxygens (including phenoxy) is 1. The van der Waals surface area contributed by atoms with Crippen molar-refractivity contribution >= 4 is 52.9 Å². The van der Waals surface area contributed by atoms with E-state index in [1.165, 1.54) is 17.4 Å². The molecule has 3 N–H and O–H groups in total. The monoisotopic (exact) mass is 531 g/mol. The lowest BCUT2D eigenvalue weighted by molar-refractivity contribution is -0.0504. The lowest BCUT2D eigenvalue weighted by Crippen LogP contribution is -2.39. The molecule has 0 fully saturated rings. The Morgan fingerprint density at radius 1 is 1.26 bits per heavy atom. The van der Waals surface area contributed by atoms with Crippen molar-refractivity contribution in [3.05, 3.63) is 51.2 Å². The summed E-state index contributed by atoms with van der Waals surface area (Å²) in [5.41, 5.74) is 0.538. The van der Waals surface area contributed by atoms with Gasteiger partial charge in [-0.25, -0.2) is 4.99 Å². The molecule has 1 heterocycles. The number of nitrogens with one attached hydrogen (secondary N) is 2. The predicted molar refractivity (Wildman–Crippen MR) is 116 cm³/mol. The number of halogens is 4. The summed E-state index contributed by atoms with van der Waals surface area (Å²) in [5, 5.41) is 16.2. The third-order valence-electron chi connectivity index (χ3n) is 3.33. The molecule has 0 bridgehead atoms. The number of rotatable bonds is 8. The molecule has 0 saturated carbocycles. The maximum Gasteiger partial charge on any atom is 0.387 e. The van der Waals surface area contributed by atoms with E-state index in [0.29, 0.717) is 22.4 Å². The van der Waals surface area contributed by atoms with E-state index in [1.807, 2.05) is 6.92 Å². The number of nitrogens with zero attached hydrogens (tertiary/aromatic N) is 1. The summed E-state index contributed by atoms with van der Waals surface area (Å²) in [7, 11) is 0. The van der Waals surface area contributed by atoms with Crippen LogP contribution in [0, 0.1) is 0 Å². The molecule has 0 radical (unpaired) electrons. The highest BCUT2D eigenvalue weighted by atomic mass is 127. The molecular weight excluding hydrogens is 511 g/mol. The van der Waals surface area contributed by atoms with Gasteiger partial charge in [0.25, 0.3) is 0 Å². The van der Waals surface area contributed by atoms with Gasteiger partial charge in [-0.05, 0) is 25.1 Å². The molecule has 0 aliphatic heterocycles. The largest absolute Gasteiger partial charge is 0.434 e. The van der Waals surface area contributed by atoms with Gasteiger partial charge in [-0.1, -0.05) is 29.8 Å². The number of hydrogen-bond acceptors (Lipinski definition) is 4. The molecule has 2 aromatic rings. The highest BCUT2D eigenvalue weighted by Crippen LogP contribution is 2.26. The first-order valence-electron chi connectivity index (χ1n) is 7.97. The first-order chi connectivity index (χ1) is 12.5. The van der Waals surface area contributed by atoms with E-state index in [4.69, 9.17) is 11.6 Å². The molecule has 0 saturated heterocycles. The van der Waals surface area contributed by atoms with Gasteiger partial charge in [-0.15, -0.1) is 35.3 Å². The Morgan fingerprint density at radius 3 is 2.63 bits per heavy atom. The van der Waals surface area contributed by atoms with Crippen LogP contribution < -0.4 is 15.4 Å². The first kappa shape index (κ1) is 23.9. The lowest BCUT2D eigenvalue weighted by atomic mass is 10.2. The predicted octanol–water partition coefficient (Wildman–Crippen LogP) is 4.41. The van der Waals surface area contributed by atoms with Crippen molar-refractivity contribution in [3.63, 3.8) is 0 Å². The van der Waals surface area contributed by atoms with Crippen LogP contribution in [0.15, 0.2) is 41.4 Å². The molecule has 27 heavy (non-hydrogen) atoms. The Bertz CT molecular complexity index is 734. The van der Waals surface area contributed by atoms with Gasteiger partial charge in [-0.2, -0.15) is 8.78 Å². The quantitative estimate of drug-likeness (QED) is 0.268. The molecule has 10 heteroatoms. The van der Waals surface area contributed by atoms with Crippen molar-refractivity contribution < 1.29 is 18.6 Å². The standard InChI is InChI=1S/C17H20ClF2N3O2S.HI/c1-2-21-17(23-10-12(24)14-7-8-15(18)26-14)22-9-11-5-3-4-6-13(11)25-16(19)20;/h3-8,12,16,24H,2,9-10H2,1H3,(H2,21,22,23);1H. The van der Waals surface area contributed by atoms with Crippen molar-refractivity contribution in [1.82, 2.24) is 10.6 Å². The van der Waals surface area contributed by atoms with Crippen LogP contribution in [0.4, 0.5) is 8.78 Å². The molecule has 0 aliphatic carbocycles. The third-order valence-corrected chi connectivity index (χ3v) is 4.66. The SMILES string of the molecule is CCNC(=NCc1ccccc1OC(F)F)NCC(O)c1ccc(Cl)s1.I. The minimum Gasteiger partial charge on any atom is -0.434 e.